The highest BCUT2D eigenvalue weighted by Gasteiger charge is 2.31. The van der Waals surface area contributed by atoms with Crippen molar-refractivity contribution in [2.24, 2.45) is 5.92 Å². The molecule has 3 aliphatic heterocycles. The highest BCUT2D eigenvalue weighted by atomic mass is 15.3. The summed E-state index contributed by atoms with van der Waals surface area (Å²) >= 11 is 0. The van der Waals surface area contributed by atoms with Crippen molar-refractivity contribution in [2.75, 3.05) is 39.3 Å². The predicted molar refractivity (Wildman–Crippen MR) is 68.7 cm³/mol. The molecule has 3 unspecified atom stereocenters. The molecular weight excluding hydrogens is 198 g/mol. The van der Waals surface area contributed by atoms with Gasteiger partial charge in [-0.05, 0) is 12.8 Å². The van der Waals surface area contributed by atoms with Crippen LogP contribution in [0.15, 0.2) is 0 Å². The molecule has 1 N–H and O–H groups in total. The lowest BCUT2D eigenvalue weighted by Gasteiger charge is -2.48. The van der Waals surface area contributed by atoms with Crippen LogP contribution < -0.4 is 5.32 Å². The van der Waals surface area contributed by atoms with Gasteiger partial charge in [0.2, 0.25) is 0 Å². The maximum absolute atomic E-state index is 3.72. The van der Waals surface area contributed by atoms with E-state index < -0.39 is 0 Å². The second-order valence-corrected chi connectivity index (χ2v) is 5.57. The Kier molecular flexibility index (Phi) is 4.22. The van der Waals surface area contributed by atoms with Crippen molar-refractivity contribution in [1.82, 2.24) is 15.1 Å². The van der Waals surface area contributed by atoms with Gasteiger partial charge >= 0.3 is 0 Å². The molecular formula is C13H27N3. The first-order valence-corrected chi connectivity index (χ1v) is 6.90. The van der Waals surface area contributed by atoms with E-state index in [1.54, 1.807) is 0 Å². The minimum Gasteiger partial charge on any atom is -0.312 e. The molecule has 94 valence electrons. The van der Waals surface area contributed by atoms with Gasteiger partial charge in [-0.3, -0.25) is 9.80 Å². The summed E-state index contributed by atoms with van der Waals surface area (Å²) in [6.45, 7) is 14.5. The fraction of sp³-hybridized carbons (Fsp3) is 1.00. The third-order valence-corrected chi connectivity index (χ3v) is 4.57. The van der Waals surface area contributed by atoms with E-state index in [1.807, 2.05) is 0 Å². The second kappa shape index (κ2) is 5.48. The summed E-state index contributed by atoms with van der Waals surface area (Å²) in [4.78, 5) is 5.27. The molecule has 0 aromatic rings. The Hall–Kier alpha value is -0.120. The van der Waals surface area contributed by atoms with E-state index >= 15 is 0 Å². The molecule has 0 aromatic heterocycles. The Labute approximate surface area is 100 Å². The molecule has 3 aliphatic rings. The molecule has 3 heterocycles. The van der Waals surface area contributed by atoms with Gasteiger partial charge < -0.3 is 5.32 Å². The van der Waals surface area contributed by atoms with Crippen molar-refractivity contribution < 1.29 is 0 Å². The molecule has 0 amide bonds. The number of fused-ring (bicyclic) bond motifs is 3. The fourth-order valence-electron chi connectivity index (χ4n) is 2.79. The zero-order chi connectivity index (χ0) is 11.5. The molecule has 16 heavy (non-hydrogen) atoms. The minimum absolute atomic E-state index is 0.654. The summed E-state index contributed by atoms with van der Waals surface area (Å²) in [5.41, 5.74) is 0. The second-order valence-electron chi connectivity index (χ2n) is 5.57. The maximum Gasteiger partial charge on any atom is 0.0349 e. The topological polar surface area (TPSA) is 18.5 Å². The normalized spacial score (nSPS) is 37.3. The van der Waals surface area contributed by atoms with Crippen molar-refractivity contribution in [1.29, 1.82) is 0 Å². The SMILES string of the molecule is CCC(C)C(C)NCC1CN2CCN1CC2. The van der Waals surface area contributed by atoms with Crippen molar-refractivity contribution in [3.05, 3.63) is 0 Å². The summed E-state index contributed by atoms with van der Waals surface area (Å²) in [7, 11) is 0. The molecule has 0 spiro atoms. The number of piperazine rings is 3. The molecule has 3 nitrogen and oxygen atoms in total. The van der Waals surface area contributed by atoms with Gasteiger partial charge in [0, 0.05) is 51.4 Å². The molecule has 3 atom stereocenters. The molecule has 3 heteroatoms. The Morgan fingerprint density at radius 2 is 1.88 bits per heavy atom. The number of hydrogen-bond donors (Lipinski definition) is 1. The molecule has 0 aliphatic carbocycles. The molecule has 0 saturated carbocycles. The molecule has 0 aromatic carbocycles. The number of hydrogen-bond acceptors (Lipinski definition) is 3. The van der Waals surface area contributed by atoms with Crippen LogP contribution in [0.25, 0.3) is 0 Å². The van der Waals surface area contributed by atoms with Crippen molar-refractivity contribution >= 4 is 0 Å². The van der Waals surface area contributed by atoms with E-state index in [1.165, 1.54) is 45.7 Å². The van der Waals surface area contributed by atoms with E-state index in [9.17, 15) is 0 Å². The standard InChI is InChI=1S/C13H27N3/c1-4-11(2)12(3)14-9-13-10-15-5-7-16(13)8-6-15/h11-14H,4-10H2,1-3H3. The minimum atomic E-state index is 0.654. The predicted octanol–water partition coefficient (Wildman–Crippen LogP) is 1.01. The zero-order valence-corrected chi connectivity index (χ0v) is 11.1. The first-order chi connectivity index (χ1) is 7.70. The Morgan fingerprint density at radius 1 is 1.19 bits per heavy atom. The van der Waals surface area contributed by atoms with Crippen LogP contribution >= 0.6 is 0 Å². The van der Waals surface area contributed by atoms with Crippen LogP contribution in [0, 0.1) is 5.92 Å². The van der Waals surface area contributed by atoms with Crippen molar-refractivity contribution in [3.63, 3.8) is 0 Å². The molecule has 3 rings (SSSR count). The van der Waals surface area contributed by atoms with Crippen LogP contribution in [0.2, 0.25) is 0 Å². The lowest BCUT2D eigenvalue weighted by atomic mass is 10.00. The number of nitrogens with one attached hydrogen (secondary N) is 1. The molecule has 3 saturated heterocycles. The average Bonchev–Trinajstić information content (AvgIpc) is 2.36. The van der Waals surface area contributed by atoms with Gasteiger partial charge in [0.15, 0.2) is 0 Å². The lowest BCUT2D eigenvalue weighted by molar-refractivity contribution is 0.0122. The molecule has 2 bridgehead atoms. The maximum atomic E-state index is 3.72. The van der Waals surface area contributed by atoms with Crippen LogP contribution in [0.1, 0.15) is 27.2 Å². The third-order valence-electron chi connectivity index (χ3n) is 4.57. The van der Waals surface area contributed by atoms with E-state index in [-0.39, 0.29) is 0 Å². The quantitative estimate of drug-likeness (QED) is 0.753. The monoisotopic (exact) mass is 225 g/mol. The summed E-state index contributed by atoms with van der Waals surface area (Å²) in [5.74, 6) is 0.788. The van der Waals surface area contributed by atoms with Gasteiger partial charge in [-0.1, -0.05) is 20.3 Å². The van der Waals surface area contributed by atoms with Crippen LogP contribution in [0.3, 0.4) is 0 Å². The first-order valence-electron chi connectivity index (χ1n) is 6.90. The first kappa shape index (κ1) is 12.3. The summed E-state index contributed by atoms with van der Waals surface area (Å²) in [5, 5.41) is 3.72. The van der Waals surface area contributed by atoms with Crippen molar-refractivity contribution in [2.45, 2.75) is 39.3 Å². The van der Waals surface area contributed by atoms with Gasteiger partial charge in [0.1, 0.15) is 0 Å². The summed E-state index contributed by atoms with van der Waals surface area (Å²) in [6, 6.07) is 1.41. The van der Waals surface area contributed by atoms with Crippen LogP contribution in [0.4, 0.5) is 0 Å². The zero-order valence-electron chi connectivity index (χ0n) is 11.1. The van der Waals surface area contributed by atoms with E-state index in [0.717, 1.165) is 12.0 Å². The average molecular weight is 225 g/mol. The van der Waals surface area contributed by atoms with E-state index in [4.69, 9.17) is 0 Å². The van der Waals surface area contributed by atoms with Crippen LogP contribution in [-0.4, -0.2) is 61.2 Å². The van der Waals surface area contributed by atoms with Gasteiger partial charge in [0.25, 0.3) is 0 Å². The highest BCUT2D eigenvalue weighted by molar-refractivity contribution is 4.89. The summed E-state index contributed by atoms with van der Waals surface area (Å²) in [6.07, 6.45) is 1.27. The molecule has 3 fully saturated rings. The fourth-order valence-corrected chi connectivity index (χ4v) is 2.79. The largest absolute Gasteiger partial charge is 0.312 e. The lowest BCUT2D eigenvalue weighted by Crippen LogP contribution is -2.63. The smallest absolute Gasteiger partial charge is 0.0349 e. The summed E-state index contributed by atoms with van der Waals surface area (Å²) < 4.78 is 0. The third kappa shape index (κ3) is 2.76. The van der Waals surface area contributed by atoms with Gasteiger partial charge in [-0.15, -0.1) is 0 Å². The van der Waals surface area contributed by atoms with Gasteiger partial charge in [-0.2, -0.15) is 0 Å². The van der Waals surface area contributed by atoms with Crippen LogP contribution in [0.5, 0.6) is 0 Å². The van der Waals surface area contributed by atoms with Crippen LogP contribution in [-0.2, 0) is 0 Å². The van der Waals surface area contributed by atoms with Gasteiger partial charge in [0.05, 0.1) is 0 Å². The van der Waals surface area contributed by atoms with E-state index in [2.05, 4.69) is 35.9 Å². The van der Waals surface area contributed by atoms with Crippen molar-refractivity contribution in [3.8, 4) is 0 Å². The molecule has 0 radical (unpaired) electrons. The van der Waals surface area contributed by atoms with E-state index in [0.29, 0.717) is 6.04 Å². The Morgan fingerprint density at radius 3 is 2.38 bits per heavy atom. The Bertz CT molecular complexity index is 211. The Balaban J connectivity index is 1.74. The van der Waals surface area contributed by atoms with Gasteiger partial charge in [-0.25, -0.2) is 0 Å². The highest BCUT2D eigenvalue weighted by Crippen LogP contribution is 2.15. The number of rotatable bonds is 5. The number of nitrogens with zero attached hydrogens (tertiary/aromatic N) is 2.